The van der Waals surface area contributed by atoms with Crippen LogP contribution in [0.4, 0.5) is 0 Å². The van der Waals surface area contributed by atoms with Crippen molar-refractivity contribution in [2.45, 2.75) is 65.5 Å². The summed E-state index contributed by atoms with van der Waals surface area (Å²) in [6, 6.07) is 2.57. The van der Waals surface area contributed by atoms with Crippen LogP contribution in [0, 0.1) is 5.92 Å². The molecule has 1 aromatic heterocycles. The van der Waals surface area contributed by atoms with Crippen molar-refractivity contribution >= 4 is 0 Å². The van der Waals surface area contributed by atoms with E-state index in [4.69, 9.17) is 5.73 Å². The summed E-state index contributed by atoms with van der Waals surface area (Å²) in [5, 5.41) is 4.62. The second-order valence-corrected chi connectivity index (χ2v) is 5.54. The maximum absolute atomic E-state index is 6.37. The summed E-state index contributed by atoms with van der Waals surface area (Å²) in [6.45, 7) is 10.9. The lowest BCUT2D eigenvalue weighted by atomic mass is 9.82. The highest BCUT2D eigenvalue weighted by Crippen LogP contribution is 2.22. The average Bonchev–Trinajstić information content (AvgIpc) is 2.74. The Kier molecular flexibility index (Phi) is 4.75. The van der Waals surface area contributed by atoms with Crippen LogP contribution in [0.1, 0.15) is 59.2 Å². The van der Waals surface area contributed by atoms with Crippen LogP contribution in [-0.2, 0) is 6.42 Å². The third kappa shape index (κ3) is 3.56. The zero-order valence-corrected chi connectivity index (χ0v) is 11.9. The first-order valence-electron chi connectivity index (χ1n) is 6.73. The Hall–Kier alpha value is -0.830. The molecule has 17 heavy (non-hydrogen) atoms. The zero-order valence-electron chi connectivity index (χ0n) is 11.9. The molecule has 0 saturated carbocycles. The second-order valence-electron chi connectivity index (χ2n) is 5.54. The number of aromatic nitrogens is 2. The standard InChI is InChI=1S/C14H27N3/c1-6-11(3)14(5,15)10-13-8-9-17(16-13)12(4)7-2/h8-9,11-12H,6-7,10,15H2,1-5H3. The van der Waals surface area contributed by atoms with E-state index in [2.05, 4.69) is 52.0 Å². The quantitative estimate of drug-likeness (QED) is 0.826. The van der Waals surface area contributed by atoms with Gasteiger partial charge in [0.2, 0.25) is 0 Å². The topological polar surface area (TPSA) is 43.8 Å². The van der Waals surface area contributed by atoms with Crippen LogP contribution in [0.5, 0.6) is 0 Å². The Labute approximate surface area is 105 Å². The van der Waals surface area contributed by atoms with Crippen molar-refractivity contribution in [3.05, 3.63) is 18.0 Å². The fourth-order valence-corrected chi connectivity index (χ4v) is 1.94. The third-order valence-corrected chi connectivity index (χ3v) is 4.01. The van der Waals surface area contributed by atoms with Gasteiger partial charge in [-0.1, -0.05) is 27.2 Å². The van der Waals surface area contributed by atoms with E-state index in [1.165, 1.54) is 0 Å². The molecule has 98 valence electrons. The molecule has 0 fully saturated rings. The van der Waals surface area contributed by atoms with E-state index in [0.717, 1.165) is 25.0 Å². The molecule has 3 atom stereocenters. The fourth-order valence-electron chi connectivity index (χ4n) is 1.94. The largest absolute Gasteiger partial charge is 0.325 e. The van der Waals surface area contributed by atoms with Gasteiger partial charge in [0.1, 0.15) is 0 Å². The highest BCUT2D eigenvalue weighted by atomic mass is 15.3. The van der Waals surface area contributed by atoms with Gasteiger partial charge in [0.15, 0.2) is 0 Å². The molecular formula is C14H27N3. The van der Waals surface area contributed by atoms with E-state index in [9.17, 15) is 0 Å². The molecule has 0 spiro atoms. The van der Waals surface area contributed by atoms with Gasteiger partial charge in [0.25, 0.3) is 0 Å². The first-order valence-corrected chi connectivity index (χ1v) is 6.73. The van der Waals surface area contributed by atoms with Gasteiger partial charge in [0, 0.05) is 24.2 Å². The fraction of sp³-hybridized carbons (Fsp3) is 0.786. The summed E-state index contributed by atoms with van der Waals surface area (Å²) in [7, 11) is 0. The van der Waals surface area contributed by atoms with Crippen LogP contribution < -0.4 is 5.73 Å². The molecule has 0 saturated heterocycles. The molecule has 0 radical (unpaired) electrons. The molecule has 0 aliphatic carbocycles. The minimum absolute atomic E-state index is 0.163. The predicted octanol–water partition coefficient (Wildman–Crippen LogP) is 3.16. The van der Waals surface area contributed by atoms with Crippen LogP contribution in [0.3, 0.4) is 0 Å². The maximum Gasteiger partial charge on any atom is 0.0643 e. The molecule has 3 nitrogen and oxygen atoms in total. The molecule has 0 aliphatic rings. The number of hydrogen-bond acceptors (Lipinski definition) is 2. The Morgan fingerprint density at radius 3 is 2.53 bits per heavy atom. The number of nitrogens with zero attached hydrogens (tertiary/aromatic N) is 2. The summed E-state index contributed by atoms with van der Waals surface area (Å²) in [5.74, 6) is 0.510. The minimum atomic E-state index is -0.163. The van der Waals surface area contributed by atoms with Crippen molar-refractivity contribution in [1.82, 2.24) is 9.78 Å². The number of hydrogen-bond donors (Lipinski definition) is 1. The van der Waals surface area contributed by atoms with E-state index in [1.807, 2.05) is 4.68 Å². The van der Waals surface area contributed by atoms with E-state index >= 15 is 0 Å². The molecular weight excluding hydrogens is 210 g/mol. The summed E-state index contributed by atoms with van der Waals surface area (Å²) in [6.07, 6.45) is 5.13. The smallest absolute Gasteiger partial charge is 0.0643 e. The molecule has 0 aliphatic heterocycles. The van der Waals surface area contributed by atoms with Gasteiger partial charge in [-0.2, -0.15) is 5.10 Å². The molecule has 0 amide bonds. The average molecular weight is 237 g/mol. The zero-order chi connectivity index (χ0) is 13.1. The van der Waals surface area contributed by atoms with E-state index in [-0.39, 0.29) is 5.54 Å². The van der Waals surface area contributed by atoms with Crippen molar-refractivity contribution in [2.24, 2.45) is 11.7 Å². The van der Waals surface area contributed by atoms with Crippen molar-refractivity contribution in [2.75, 3.05) is 0 Å². The maximum atomic E-state index is 6.37. The molecule has 1 aromatic rings. The molecule has 1 heterocycles. The normalized spacial score (nSPS) is 18.7. The SMILES string of the molecule is CCC(C)n1ccc(CC(C)(N)C(C)CC)n1. The van der Waals surface area contributed by atoms with Crippen molar-refractivity contribution in [3.8, 4) is 0 Å². The van der Waals surface area contributed by atoms with Crippen LogP contribution in [0.25, 0.3) is 0 Å². The van der Waals surface area contributed by atoms with Crippen molar-refractivity contribution < 1.29 is 0 Å². The monoisotopic (exact) mass is 237 g/mol. The van der Waals surface area contributed by atoms with Crippen LogP contribution in [-0.4, -0.2) is 15.3 Å². The Morgan fingerprint density at radius 2 is 2.00 bits per heavy atom. The number of nitrogens with two attached hydrogens (primary N) is 1. The summed E-state index contributed by atoms with van der Waals surface area (Å²) in [5.41, 5.74) is 7.32. The second kappa shape index (κ2) is 5.67. The third-order valence-electron chi connectivity index (χ3n) is 4.01. The lowest BCUT2D eigenvalue weighted by molar-refractivity contribution is 0.302. The van der Waals surface area contributed by atoms with Crippen LogP contribution >= 0.6 is 0 Å². The van der Waals surface area contributed by atoms with Gasteiger partial charge in [-0.05, 0) is 32.3 Å². The van der Waals surface area contributed by atoms with E-state index in [0.29, 0.717) is 12.0 Å². The molecule has 3 unspecified atom stereocenters. The minimum Gasteiger partial charge on any atom is -0.325 e. The van der Waals surface area contributed by atoms with Crippen LogP contribution in [0.15, 0.2) is 12.3 Å². The molecule has 2 N–H and O–H groups in total. The lowest BCUT2D eigenvalue weighted by Gasteiger charge is -2.30. The van der Waals surface area contributed by atoms with Gasteiger partial charge in [-0.3, -0.25) is 4.68 Å². The highest BCUT2D eigenvalue weighted by molar-refractivity contribution is 5.06. The summed E-state index contributed by atoms with van der Waals surface area (Å²) < 4.78 is 2.04. The van der Waals surface area contributed by atoms with Crippen molar-refractivity contribution in [1.29, 1.82) is 0 Å². The Balaban J connectivity index is 2.72. The van der Waals surface area contributed by atoms with Gasteiger partial charge in [-0.15, -0.1) is 0 Å². The predicted molar refractivity (Wildman–Crippen MR) is 73.0 cm³/mol. The summed E-state index contributed by atoms with van der Waals surface area (Å²) in [4.78, 5) is 0. The Morgan fingerprint density at radius 1 is 1.35 bits per heavy atom. The Bertz CT molecular complexity index is 341. The molecule has 1 rings (SSSR count). The van der Waals surface area contributed by atoms with E-state index < -0.39 is 0 Å². The first kappa shape index (κ1) is 14.2. The van der Waals surface area contributed by atoms with Gasteiger partial charge < -0.3 is 5.73 Å². The molecule has 0 bridgehead atoms. The summed E-state index contributed by atoms with van der Waals surface area (Å²) >= 11 is 0. The van der Waals surface area contributed by atoms with Crippen LogP contribution in [0.2, 0.25) is 0 Å². The first-order chi connectivity index (χ1) is 7.90. The molecule has 3 heteroatoms. The lowest BCUT2D eigenvalue weighted by Crippen LogP contribution is -2.45. The highest BCUT2D eigenvalue weighted by Gasteiger charge is 2.26. The van der Waals surface area contributed by atoms with Crippen molar-refractivity contribution in [3.63, 3.8) is 0 Å². The van der Waals surface area contributed by atoms with Gasteiger partial charge >= 0.3 is 0 Å². The van der Waals surface area contributed by atoms with E-state index in [1.54, 1.807) is 0 Å². The molecule has 0 aromatic carbocycles. The van der Waals surface area contributed by atoms with Gasteiger partial charge in [-0.25, -0.2) is 0 Å². The number of rotatable bonds is 6. The van der Waals surface area contributed by atoms with Gasteiger partial charge in [0.05, 0.1) is 5.69 Å².